The molecule has 2 amide bonds. The van der Waals surface area contributed by atoms with Gasteiger partial charge in [-0.25, -0.2) is 9.59 Å². The zero-order valence-corrected chi connectivity index (χ0v) is 10.4. The topological polar surface area (TPSA) is 138 Å². The number of aliphatic hydroxyl groups excluding tert-OH is 1. The summed E-state index contributed by atoms with van der Waals surface area (Å²) in [5.74, 6) is -0.351. The Kier molecular flexibility index (Phi) is 5.73. The summed E-state index contributed by atoms with van der Waals surface area (Å²) in [6, 6.07) is -0.446. The van der Waals surface area contributed by atoms with Crippen molar-refractivity contribution in [3.63, 3.8) is 0 Å². The molecule has 19 heavy (non-hydrogen) atoms. The summed E-state index contributed by atoms with van der Waals surface area (Å²) in [6.07, 6.45) is -1.09. The summed E-state index contributed by atoms with van der Waals surface area (Å²) in [4.78, 5) is 25.5. The Labute approximate surface area is 109 Å². The first-order valence-electron chi connectivity index (χ1n) is 5.71. The van der Waals surface area contributed by atoms with E-state index in [0.717, 1.165) is 0 Å². The number of urea groups is 1. The number of carboxylic acid groups (broad SMARTS) is 1. The number of aliphatic carboxylic acids is 1. The lowest BCUT2D eigenvalue weighted by Gasteiger charge is -2.08. The molecule has 0 saturated carbocycles. The first-order chi connectivity index (χ1) is 8.99. The van der Waals surface area contributed by atoms with Crippen LogP contribution in [0.3, 0.4) is 0 Å². The van der Waals surface area contributed by atoms with Gasteiger partial charge in [-0.2, -0.15) is 4.98 Å². The summed E-state index contributed by atoms with van der Waals surface area (Å²) in [6.45, 7) is 2.07. The number of amides is 2. The van der Waals surface area contributed by atoms with Gasteiger partial charge < -0.3 is 25.4 Å². The fourth-order valence-electron chi connectivity index (χ4n) is 1.24. The van der Waals surface area contributed by atoms with Gasteiger partial charge in [-0.15, -0.1) is 0 Å². The van der Waals surface area contributed by atoms with E-state index in [1.807, 2.05) is 0 Å². The highest BCUT2D eigenvalue weighted by atomic mass is 16.5. The third-order valence-electron chi connectivity index (χ3n) is 2.19. The number of aryl methyl sites for hydroxylation is 1. The van der Waals surface area contributed by atoms with Gasteiger partial charge >= 0.3 is 12.0 Å². The third-order valence-corrected chi connectivity index (χ3v) is 2.19. The van der Waals surface area contributed by atoms with Crippen molar-refractivity contribution in [2.75, 3.05) is 13.1 Å². The highest BCUT2D eigenvalue weighted by Gasteiger charge is 2.12. The van der Waals surface area contributed by atoms with Gasteiger partial charge in [0.2, 0.25) is 5.89 Å². The lowest BCUT2D eigenvalue weighted by atomic mass is 10.2. The fourth-order valence-corrected chi connectivity index (χ4v) is 1.24. The van der Waals surface area contributed by atoms with Crippen LogP contribution in [-0.2, 0) is 11.2 Å². The molecule has 1 atom stereocenters. The van der Waals surface area contributed by atoms with E-state index in [1.165, 1.54) is 0 Å². The standard InChI is InChI=1S/C10H16N4O5/c1-6-13-8(14-19-6)3-5-12-10(18)11-4-2-7(15)9(16)17/h7,15H,2-5H2,1H3,(H,16,17)(H2,11,12,18). The molecular formula is C10H16N4O5. The maximum Gasteiger partial charge on any atom is 0.332 e. The second-order valence-electron chi connectivity index (χ2n) is 3.81. The SMILES string of the molecule is Cc1nc(CCNC(=O)NCCC(O)C(=O)O)no1. The molecule has 0 aliphatic heterocycles. The molecule has 1 rings (SSSR count). The number of carbonyl (C=O) groups excluding carboxylic acids is 1. The van der Waals surface area contributed by atoms with Gasteiger partial charge in [-0.1, -0.05) is 5.16 Å². The van der Waals surface area contributed by atoms with Gasteiger partial charge in [0.05, 0.1) is 0 Å². The Morgan fingerprint density at radius 1 is 1.37 bits per heavy atom. The summed E-state index contributed by atoms with van der Waals surface area (Å²) >= 11 is 0. The van der Waals surface area contributed by atoms with Crippen molar-refractivity contribution in [1.29, 1.82) is 0 Å². The fraction of sp³-hybridized carbons (Fsp3) is 0.600. The molecule has 0 aliphatic rings. The Bertz CT molecular complexity index is 433. The number of aliphatic hydroxyl groups is 1. The molecule has 0 bridgehead atoms. The van der Waals surface area contributed by atoms with Crippen LogP contribution in [0.4, 0.5) is 4.79 Å². The van der Waals surface area contributed by atoms with Crippen molar-refractivity contribution in [3.8, 4) is 0 Å². The van der Waals surface area contributed by atoms with Crippen LogP contribution in [-0.4, -0.2) is 51.5 Å². The first kappa shape index (κ1) is 14.9. The molecule has 0 saturated heterocycles. The minimum absolute atomic E-state index is 0.0488. The lowest BCUT2D eigenvalue weighted by molar-refractivity contribution is -0.146. The van der Waals surface area contributed by atoms with Crippen LogP contribution in [0.1, 0.15) is 18.1 Å². The van der Waals surface area contributed by atoms with E-state index in [4.69, 9.17) is 14.7 Å². The van der Waals surface area contributed by atoms with Crippen molar-refractivity contribution in [2.45, 2.75) is 25.9 Å². The molecule has 0 aromatic carbocycles. The van der Waals surface area contributed by atoms with Crippen LogP contribution in [0.15, 0.2) is 4.52 Å². The molecule has 0 radical (unpaired) electrons. The van der Waals surface area contributed by atoms with E-state index < -0.39 is 18.1 Å². The van der Waals surface area contributed by atoms with E-state index in [9.17, 15) is 9.59 Å². The van der Waals surface area contributed by atoms with Crippen LogP contribution in [0.5, 0.6) is 0 Å². The molecular weight excluding hydrogens is 256 g/mol. The minimum atomic E-state index is -1.47. The van der Waals surface area contributed by atoms with Gasteiger partial charge in [0.15, 0.2) is 11.9 Å². The maximum absolute atomic E-state index is 11.3. The smallest absolute Gasteiger partial charge is 0.332 e. The number of hydrogen-bond acceptors (Lipinski definition) is 6. The maximum atomic E-state index is 11.3. The van der Waals surface area contributed by atoms with Crippen molar-refractivity contribution in [2.24, 2.45) is 0 Å². The van der Waals surface area contributed by atoms with Crippen LogP contribution in [0, 0.1) is 6.92 Å². The molecule has 1 aromatic rings. The molecule has 1 unspecified atom stereocenters. The summed E-state index contributed by atoms with van der Waals surface area (Å²) < 4.78 is 4.76. The zero-order chi connectivity index (χ0) is 14.3. The number of aromatic nitrogens is 2. The largest absolute Gasteiger partial charge is 0.479 e. The number of rotatable bonds is 7. The van der Waals surface area contributed by atoms with Crippen molar-refractivity contribution in [1.82, 2.24) is 20.8 Å². The normalized spacial score (nSPS) is 11.9. The third kappa shape index (κ3) is 5.82. The lowest BCUT2D eigenvalue weighted by Crippen LogP contribution is -2.38. The summed E-state index contributed by atoms with van der Waals surface area (Å²) in [5.41, 5.74) is 0. The number of carbonyl (C=O) groups is 2. The highest BCUT2D eigenvalue weighted by molar-refractivity contribution is 5.74. The Morgan fingerprint density at radius 3 is 2.63 bits per heavy atom. The molecule has 1 heterocycles. The van der Waals surface area contributed by atoms with Crippen LogP contribution < -0.4 is 10.6 Å². The average Bonchev–Trinajstić information content (AvgIpc) is 2.74. The van der Waals surface area contributed by atoms with Gasteiger partial charge in [-0.3, -0.25) is 0 Å². The van der Waals surface area contributed by atoms with Crippen LogP contribution in [0.2, 0.25) is 0 Å². The molecule has 4 N–H and O–H groups in total. The summed E-state index contributed by atoms with van der Waals surface area (Å²) in [5, 5.41) is 26.0. The number of hydrogen-bond donors (Lipinski definition) is 4. The second kappa shape index (κ2) is 7.31. The van der Waals surface area contributed by atoms with E-state index in [1.54, 1.807) is 6.92 Å². The Hall–Kier alpha value is -2.16. The van der Waals surface area contributed by atoms with Gasteiger partial charge in [0, 0.05) is 32.9 Å². The van der Waals surface area contributed by atoms with Crippen molar-refractivity contribution in [3.05, 3.63) is 11.7 Å². The van der Waals surface area contributed by atoms with Gasteiger partial charge in [0.25, 0.3) is 0 Å². The average molecular weight is 272 g/mol. The van der Waals surface area contributed by atoms with Crippen LogP contribution in [0.25, 0.3) is 0 Å². The molecule has 9 heteroatoms. The molecule has 1 aromatic heterocycles. The van der Waals surface area contributed by atoms with E-state index >= 15 is 0 Å². The highest BCUT2D eigenvalue weighted by Crippen LogP contribution is 1.94. The van der Waals surface area contributed by atoms with Crippen LogP contribution >= 0.6 is 0 Å². The molecule has 0 fully saturated rings. The van der Waals surface area contributed by atoms with Crippen molar-refractivity contribution >= 4 is 12.0 Å². The molecule has 0 aliphatic carbocycles. The van der Waals surface area contributed by atoms with Gasteiger partial charge in [0.1, 0.15) is 0 Å². The second-order valence-corrected chi connectivity index (χ2v) is 3.81. The number of carboxylic acids is 1. The molecule has 106 valence electrons. The Morgan fingerprint density at radius 2 is 2.05 bits per heavy atom. The van der Waals surface area contributed by atoms with E-state index in [-0.39, 0.29) is 13.0 Å². The first-order valence-corrected chi connectivity index (χ1v) is 5.71. The van der Waals surface area contributed by atoms with Gasteiger partial charge in [-0.05, 0) is 0 Å². The summed E-state index contributed by atoms with van der Waals surface area (Å²) in [7, 11) is 0. The minimum Gasteiger partial charge on any atom is -0.479 e. The predicted octanol–water partition coefficient (Wildman–Crippen LogP) is -0.945. The molecule has 9 nitrogen and oxygen atoms in total. The number of nitrogens with one attached hydrogen (secondary N) is 2. The Balaban J connectivity index is 2.10. The quantitative estimate of drug-likeness (QED) is 0.502. The van der Waals surface area contributed by atoms with E-state index in [0.29, 0.717) is 24.7 Å². The zero-order valence-electron chi connectivity index (χ0n) is 10.4. The van der Waals surface area contributed by atoms with Crippen molar-refractivity contribution < 1.29 is 24.3 Å². The monoisotopic (exact) mass is 272 g/mol. The van der Waals surface area contributed by atoms with E-state index in [2.05, 4.69) is 20.8 Å². The molecule has 0 spiro atoms. The predicted molar refractivity (Wildman–Crippen MR) is 62.4 cm³/mol. The number of nitrogens with zero attached hydrogens (tertiary/aromatic N) is 2.